The third-order valence-corrected chi connectivity index (χ3v) is 3.15. The van der Waals surface area contributed by atoms with Crippen molar-refractivity contribution in [2.75, 3.05) is 5.32 Å². The van der Waals surface area contributed by atoms with Gasteiger partial charge in [-0.15, -0.1) is 0 Å². The maximum Gasteiger partial charge on any atom is 0.340 e. The van der Waals surface area contributed by atoms with Gasteiger partial charge in [0.1, 0.15) is 11.4 Å². The molecular formula is C14H11BrFNO2. The smallest absolute Gasteiger partial charge is 0.340 e. The molecule has 0 saturated heterocycles. The van der Waals surface area contributed by atoms with Gasteiger partial charge in [0.15, 0.2) is 0 Å². The number of hydrogen-bond donors (Lipinski definition) is 2. The topological polar surface area (TPSA) is 49.3 Å². The van der Waals surface area contributed by atoms with E-state index >= 15 is 0 Å². The molecule has 0 fully saturated rings. The van der Waals surface area contributed by atoms with Crippen LogP contribution in [0.2, 0.25) is 0 Å². The van der Waals surface area contributed by atoms with Crippen molar-refractivity contribution in [1.29, 1.82) is 0 Å². The molecule has 0 radical (unpaired) electrons. The SMILES string of the molecule is O=C(O)c1c(F)cccc1NCc1ccc(Br)cc1. The molecular weight excluding hydrogens is 313 g/mol. The molecule has 0 unspecified atom stereocenters. The van der Waals surface area contributed by atoms with Crippen LogP contribution in [0.1, 0.15) is 15.9 Å². The van der Waals surface area contributed by atoms with Crippen LogP contribution >= 0.6 is 15.9 Å². The molecule has 3 nitrogen and oxygen atoms in total. The van der Waals surface area contributed by atoms with E-state index in [2.05, 4.69) is 21.2 Å². The lowest BCUT2D eigenvalue weighted by atomic mass is 10.1. The van der Waals surface area contributed by atoms with Crippen molar-refractivity contribution < 1.29 is 14.3 Å². The fraction of sp³-hybridized carbons (Fsp3) is 0.0714. The maximum absolute atomic E-state index is 13.5. The predicted molar refractivity (Wildman–Crippen MR) is 74.8 cm³/mol. The molecule has 5 heteroatoms. The van der Waals surface area contributed by atoms with E-state index in [1.54, 1.807) is 6.07 Å². The van der Waals surface area contributed by atoms with Crippen molar-refractivity contribution in [2.45, 2.75) is 6.54 Å². The molecule has 0 aliphatic rings. The third kappa shape index (κ3) is 3.32. The summed E-state index contributed by atoms with van der Waals surface area (Å²) in [6.45, 7) is 0.428. The number of rotatable bonds is 4. The zero-order valence-corrected chi connectivity index (χ0v) is 11.4. The van der Waals surface area contributed by atoms with Crippen molar-refractivity contribution >= 4 is 27.6 Å². The average Bonchev–Trinajstić information content (AvgIpc) is 2.37. The molecule has 0 saturated carbocycles. The van der Waals surface area contributed by atoms with Gasteiger partial charge in [-0.1, -0.05) is 34.1 Å². The van der Waals surface area contributed by atoms with Crippen molar-refractivity contribution in [3.8, 4) is 0 Å². The fourth-order valence-electron chi connectivity index (χ4n) is 1.69. The van der Waals surface area contributed by atoms with E-state index in [0.717, 1.165) is 16.1 Å². The first-order chi connectivity index (χ1) is 9.08. The third-order valence-electron chi connectivity index (χ3n) is 2.62. The van der Waals surface area contributed by atoms with Crippen molar-refractivity contribution in [3.63, 3.8) is 0 Å². The number of hydrogen-bond acceptors (Lipinski definition) is 2. The summed E-state index contributed by atoms with van der Waals surface area (Å²) in [6.07, 6.45) is 0. The lowest BCUT2D eigenvalue weighted by Gasteiger charge is -2.10. The second-order valence-electron chi connectivity index (χ2n) is 3.95. The summed E-state index contributed by atoms with van der Waals surface area (Å²) in [7, 11) is 0. The summed E-state index contributed by atoms with van der Waals surface area (Å²) < 4.78 is 14.4. The van der Waals surface area contributed by atoms with Crippen molar-refractivity contribution in [2.24, 2.45) is 0 Å². The minimum atomic E-state index is -1.28. The van der Waals surface area contributed by atoms with Crippen LogP contribution in [-0.2, 0) is 6.54 Å². The Kier molecular flexibility index (Phi) is 4.16. The van der Waals surface area contributed by atoms with E-state index in [4.69, 9.17) is 5.11 Å². The van der Waals surface area contributed by atoms with Gasteiger partial charge in [0, 0.05) is 11.0 Å². The highest BCUT2D eigenvalue weighted by atomic mass is 79.9. The Morgan fingerprint density at radius 2 is 1.89 bits per heavy atom. The summed E-state index contributed by atoms with van der Waals surface area (Å²) >= 11 is 3.33. The number of halogens is 2. The normalized spacial score (nSPS) is 10.2. The number of carbonyl (C=O) groups is 1. The van der Waals surface area contributed by atoms with Crippen LogP contribution < -0.4 is 5.32 Å². The first kappa shape index (κ1) is 13.5. The van der Waals surface area contributed by atoms with Crippen molar-refractivity contribution in [3.05, 3.63) is 63.9 Å². The van der Waals surface area contributed by atoms with Crippen LogP contribution in [0.25, 0.3) is 0 Å². The van der Waals surface area contributed by atoms with E-state index in [1.807, 2.05) is 24.3 Å². The highest BCUT2D eigenvalue weighted by molar-refractivity contribution is 9.10. The van der Waals surface area contributed by atoms with Gasteiger partial charge in [-0.05, 0) is 29.8 Å². The molecule has 19 heavy (non-hydrogen) atoms. The zero-order valence-electron chi connectivity index (χ0n) is 9.86. The Morgan fingerprint density at radius 3 is 2.53 bits per heavy atom. The molecule has 2 aromatic carbocycles. The molecule has 2 N–H and O–H groups in total. The minimum Gasteiger partial charge on any atom is -0.478 e. The Labute approximate surface area is 118 Å². The van der Waals surface area contributed by atoms with E-state index in [9.17, 15) is 9.18 Å². The van der Waals surface area contributed by atoms with Gasteiger partial charge < -0.3 is 10.4 Å². The van der Waals surface area contributed by atoms with Crippen LogP contribution in [-0.4, -0.2) is 11.1 Å². The van der Waals surface area contributed by atoms with Crippen LogP contribution in [0, 0.1) is 5.82 Å². The van der Waals surface area contributed by atoms with Gasteiger partial charge in [-0.3, -0.25) is 0 Å². The fourth-order valence-corrected chi connectivity index (χ4v) is 1.95. The number of anilines is 1. The number of carboxylic acids is 1. The second-order valence-corrected chi connectivity index (χ2v) is 4.86. The lowest BCUT2D eigenvalue weighted by Crippen LogP contribution is -2.08. The maximum atomic E-state index is 13.5. The molecule has 2 rings (SSSR count). The molecule has 0 bridgehead atoms. The summed E-state index contributed by atoms with van der Waals surface area (Å²) in [5.41, 5.74) is 0.916. The highest BCUT2D eigenvalue weighted by Crippen LogP contribution is 2.20. The van der Waals surface area contributed by atoms with Crippen LogP contribution in [0.3, 0.4) is 0 Å². The van der Waals surface area contributed by atoms with Crippen molar-refractivity contribution in [1.82, 2.24) is 0 Å². The van der Waals surface area contributed by atoms with Crippen LogP contribution in [0.15, 0.2) is 46.9 Å². The summed E-state index contributed by atoms with van der Waals surface area (Å²) in [4.78, 5) is 11.0. The Hall–Kier alpha value is -1.88. The van der Waals surface area contributed by atoms with Gasteiger partial charge in [0.25, 0.3) is 0 Å². The van der Waals surface area contributed by atoms with Gasteiger partial charge in [-0.2, -0.15) is 0 Å². The quantitative estimate of drug-likeness (QED) is 0.897. The molecule has 0 amide bonds. The number of aromatic carboxylic acids is 1. The largest absolute Gasteiger partial charge is 0.478 e. The summed E-state index contributed by atoms with van der Waals surface area (Å²) in [5.74, 6) is -2.02. The predicted octanol–water partition coefficient (Wildman–Crippen LogP) is 3.90. The number of nitrogens with one attached hydrogen (secondary N) is 1. The lowest BCUT2D eigenvalue weighted by molar-refractivity contribution is 0.0693. The highest BCUT2D eigenvalue weighted by Gasteiger charge is 2.15. The molecule has 0 heterocycles. The van der Waals surface area contributed by atoms with Crippen LogP contribution in [0.5, 0.6) is 0 Å². The minimum absolute atomic E-state index is 0.274. The average molecular weight is 324 g/mol. The second kappa shape index (κ2) is 5.84. The molecule has 0 aliphatic heterocycles. The standard InChI is InChI=1S/C14H11BrFNO2/c15-10-6-4-9(5-7-10)8-17-12-3-1-2-11(16)13(12)14(18)19/h1-7,17H,8H2,(H,18,19). The Morgan fingerprint density at radius 1 is 1.21 bits per heavy atom. The van der Waals surface area contributed by atoms with E-state index in [1.165, 1.54) is 6.07 Å². The first-order valence-corrected chi connectivity index (χ1v) is 6.37. The van der Waals surface area contributed by atoms with E-state index in [-0.39, 0.29) is 11.3 Å². The molecule has 2 aromatic rings. The van der Waals surface area contributed by atoms with Gasteiger partial charge in [-0.25, -0.2) is 9.18 Å². The van der Waals surface area contributed by atoms with Gasteiger partial charge in [0.2, 0.25) is 0 Å². The Bertz CT molecular complexity index is 599. The summed E-state index contributed by atoms with van der Waals surface area (Å²) in [5, 5.41) is 11.9. The van der Waals surface area contributed by atoms with Crippen LogP contribution in [0.4, 0.5) is 10.1 Å². The zero-order chi connectivity index (χ0) is 13.8. The summed E-state index contributed by atoms with van der Waals surface area (Å²) in [6, 6.07) is 11.7. The van der Waals surface area contributed by atoms with Gasteiger partial charge >= 0.3 is 5.97 Å². The molecule has 0 aliphatic carbocycles. The molecule has 98 valence electrons. The molecule has 0 aromatic heterocycles. The molecule has 0 spiro atoms. The first-order valence-electron chi connectivity index (χ1n) is 5.58. The Balaban J connectivity index is 2.18. The molecule has 0 atom stereocenters. The van der Waals surface area contributed by atoms with Gasteiger partial charge in [0.05, 0.1) is 5.69 Å². The number of benzene rings is 2. The van der Waals surface area contributed by atoms with E-state index in [0.29, 0.717) is 6.54 Å². The monoisotopic (exact) mass is 323 g/mol. The number of carboxylic acid groups (broad SMARTS) is 1. The van der Waals surface area contributed by atoms with E-state index < -0.39 is 11.8 Å².